The van der Waals surface area contributed by atoms with Crippen molar-refractivity contribution >= 4 is 23.6 Å². The molecule has 4 aliphatic rings. The van der Waals surface area contributed by atoms with E-state index in [1.807, 2.05) is 34.1 Å². The number of hydrogen-bond donors (Lipinski definition) is 2. The molecule has 1 aromatic heterocycles. The first-order valence-electron chi connectivity index (χ1n) is 14.2. The average Bonchev–Trinajstić information content (AvgIpc) is 3.04. The summed E-state index contributed by atoms with van der Waals surface area (Å²) in [6.07, 6.45) is 1.37. The molecule has 2 fully saturated rings. The number of ether oxygens (including phenoxy) is 4. The van der Waals surface area contributed by atoms with Crippen LogP contribution in [-0.4, -0.2) is 87.0 Å². The highest BCUT2D eigenvalue weighted by Crippen LogP contribution is 2.29. The molecule has 5 heterocycles. The van der Waals surface area contributed by atoms with Crippen LogP contribution >= 0.6 is 0 Å². The molecule has 7 rings (SSSR count). The van der Waals surface area contributed by atoms with E-state index in [1.54, 1.807) is 18.2 Å². The van der Waals surface area contributed by atoms with Gasteiger partial charge in [-0.05, 0) is 35.9 Å². The Morgan fingerprint density at radius 1 is 1.05 bits per heavy atom. The molecular formula is C30H33FN6O6. The number of rotatable bonds is 3. The number of anilines is 2. The van der Waals surface area contributed by atoms with Crippen molar-refractivity contribution in [1.82, 2.24) is 20.6 Å². The number of hydrogen-bond acceptors (Lipinski definition) is 10. The lowest BCUT2D eigenvalue weighted by Gasteiger charge is -2.39. The van der Waals surface area contributed by atoms with Crippen molar-refractivity contribution in [2.24, 2.45) is 0 Å². The van der Waals surface area contributed by atoms with E-state index in [-0.39, 0.29) is 36.1 Å². The standard InChI is InChI=1S/C30H33FN6O6/c1-40-25-7-4-20-14-26(25)42-18-27(38)32-15-19-2-5-21(6-3-19)43-24-8-9-37(17-23(24)34-29(20)39)30-33-16-22(31)28(35-30)36-10-12-41-13-11-36/h2-7,14,16,23-24H,8-13,15,17-18H2,1H3,(H,32,38)(H,34,39)/t23-,24+/m0/s1. The highest BCUT2D eigenvalue weighted by molar-refractivity contribution is 5.95. The van der Waals surface area contributed by atoms with Crippen LogP contribution in [0.15, 0.2) is 48.7 Å². The molecule has 0 saturated carbocycles. The van der Waals surface area contributed by atoms with E-state index in [1.165, 1.54) is 13.3 Å². The van der Waals surface area contributed by atoms with Gasteiger partial charge in [-0.25, -0.2) is 9.37 Å². The number of amides is 2. The molecule has 4 aliphatic heterocycles. The zero-order valence-corrected chi connectivity index (χ0v) is 23.8. The minimum absolute atomic E-state index is 0.239. The summed E-state index contributed by atoms with van der Waals surface area (Å²) in [5.74, 6) is 0.761. The van der Waals surface area contributed by atoms with Crippen molar-refractivity contribution in [1.29, 1.82) is 0 Å². The molecule has 0 unspecified atom stereocenters. The summed E-state index contributed by atoms with van der Waals surface area (Å²) in [6, 6.07) is 11.8. The SMILES string of the molecule is COc1ccc2cc1OCC(=O)NCc1ccc(cc1)O[C@@H]1CCN(c3ncc(F)c(N4CCOCC4)n3)C[C@@H]1NC2=O. The van der Waals surface area contributed by atoms with Crippen LogP contribution in [0.5, 0.6) is 17.2 Å². The Bertz CT molecular complexity index is 1470. The molecule has 2 amide bonds. The van der Waals surface area contributed by atoms with E-state index in [2.05, 4.69) is 20.6 Å². The first kappa shape index (κ1) is 28.5. The molecular weight excluding hydrogens is 559 g/mol. The number of nitrogens with one attached hydrogen (secondary N) is 2. The number of halogens is 1. The summed E-state index contributed by atoms with van der Waals surface area (Å²) in [5.41, 5.74) is 1.22. The lowest BCUT2D eigenvalue weighted by atomic mass is 10.0. The summed E-state index contributed by atoms with van der Waals surface area (Å²) in [7, 11) is 1.49. The highest BCUT2D eigenvalue weighted by Gasteiger charge is 2.34. The smallest absolute Gasteiger partial charge is 0.258 e. The highest BCUT2D eigenvalue weighted by atomic mass is 19.1. The predicted octanol–water partition coefficient (Wildman–Crippen LogP) is 1.93. The van der Waals surface area contributed by atoms with E-state index in [0.29, 0.717) is 75.4 Å². The van der Waals surface area contributed by atoms with Crippen LogP contribution in [0.3, 0.4) is 0 Å². The Morgan fingerprint density at radius 3 is 2.65 bits per heavy atom. The molecule has 0 spiro atoms. The van der Waals surface area contributed by atoms with Crippen LogP contribution < -0.4 is 34.6 Å². The lowest BCUT2D eigenvalue weighted by Crippen LogP contribution is -2.57. The summed E-state index contributed by atoms with van der Waals surface area (Å²) < 4.78 is 37.6. The average molecular weight is 593 g/mol. The van der Waals surface area contributed by atoms with Crippen molar-refractivity contribution in [2.75, 3.05) is 62.9 Å². The van der Waals surface area contributed by atoms with Crippen LogP contribution in [0.1, 0.15) is 22.3 Å². The Balaban J connectivity index is 1.29. The fraction of sp³-hybridized carbons (Fsp3) is 0.400. The Kier molecular flexibility index (Phi) is 8.40. The van der Waals surface area contributed by atoms with Gasteiger partial charge >= 0.3 is 0 Å². The van der Waals surface area contributed by atoms with Crippen molar-refractivity contribution < 1.29 is 32.9 Å². The second-order valence-corrected chi connectivity index (χ2v) is 10.5. The van der Waals surface area contributed by atoms with Crippen molar-refractivity contribution in [2.45, 2.75) is 25.1 Å². The van der Waals surface area contributed by atoms with Gasteiger partial charge < -0.3 is 39.4 Å². The number of carbonyl (C=O) groups excluding carboxylic acids is 2. The van der Waals surface area contributed by atoms with Gasteiger partial charge in [0.25, 0.3) is 11.8 Å². The van der Waals surface area contributed by atoms with Crippen molar-refractivity contribution in [3.63, 3.8) is 0 Å². The second kappa shape index (κ2) is 12.7. The van der Waals surface area contributed by atoms with E-state index < -0.39 is 11.9 Å². The summed E-state index contributed by atoms with van der Waals surface area (Å²) in [4.78, 5) is 38.6. The maximum absolute atomic E-state index is 14.7. The number of piperidine rings is 1. The van der Waals surface area contributed by atoms with Gasteiger partial charge in [-0.15, -0.1) is 0 Å². The molecule has 3 aromatic rings. The fourth-order valence-corrected chi connectivity index (χ4v) is 5.33. The third-order valence-corrected chi connectivity index (χ3v) is 7.66. The zero-order chi connectivity index (χ0) is 29.8. The van der Waals surface area contributed by atoms with Gasteiger partial charge in [0.05, 0.1) is 32.6 Å². The minimum atomic E-state index is -0.490. The predicted molar refractivity (Wildman–Crippen MR) is 154 cm³/mol. The van der Waals surface area contributed by atoms with Gasteiger partial charge in [0.1, 0.15) is 11.9 Å². The van der Waals surface area contributed by atoms with Crippen LogP contribution in [0, 0.1) is 5.82 Å². The van der Waals surface area contributed by atoms with Crippen molar-refractivity contribution in [3.8, 4) is 17.2 Å². The number of carbonyl (C=O) groups is 2. The van der Waals surface area contributed by atoms with Crippen LogP contribution in [-0.2, 0) is 16.1 Å². The van der Waals surface area contributed by atoms with Gasteiger partial charge in [-0.2, -0.15) is 4.98 Å². The molecule has 2 saturated heterocycles. The van der Waals surface area contributed by atoms with E-state index in [9.17, 15) is 14.0 Å². The first-order valence-corrected chi connectivity index (χ1v) is 14.2. The molecule has 13 heteroatoms. The monoisotopic (exact) mass is 592 g/mol. The summed E-state index contributed by atoms with van der Waals surface area (Å²) in [6.45, 7) is 3.04. The van der Waals surface area contributed by atoms with E-state index in [0.717, 1.165) is 5.56 Å². The topological polar surface area (TPSA) is 127 Å². The summed E-state index contributed by atoms with van der Waals surface area (Å²) >= 11 is 0. The van der Waals surface area contributed by atoms with Crippen molar-refractivity contribution in [3.05, 3.63) is 65.6 Å². The maximum atomic E-state index is 14.7. The van der Waals surface area contributed by atoms with Gasteiger partial charge in [0.15, 0.2) is 29.7 Å². The van der Waals surface area contributed by atoms with Crippen LogP contribution in [0.2, 0.25) is 0 Å². The molecule has 2 aromatic carbocycles. The number of aromatic nitrogens is 2. The van der Waals surface area contributed by atoms with Crippen LogP contribution in [0.25, 0.3) is 0 Å². The third kappa shape index (κ3) is 6.56. The Labute approximate surface area is 248 Å². The molecule has 2 N–H and O–H groups in total. The number of nitrogens with zero attached hydrogens (tertiary/aromatic N) is 4. The van der Waals surface area contributed by atoms with E-state index >= 15 is 0 Å². The number of fused-ring (bicyclic) bond motifs is 7. The minimum Gasteiger partial charge on any atom is -0.493 e. The number of morpholine rings is 1. The first-order chi connectivity index (χ1) is 21.0. The Morgan fingerprint density at radius 2 is 1.86 bits per heavy atom. The van der Waals surface area contributed by atoms with Gasteiger partial charge in [-0.1, -0.05) is 12.1 Å². The molecule has 0 radical (unpaired) electrons. The van der Waals surface area contributed by atoms with Gasteiger partial charge in [0, 0.05) is 44.7 Å². The quantitative estimate of drug-likeness (QED) is 0.466. The van der Waals surface area contributed by atoms with E-state index in [4.69, 9.17) is 18.9 Å². The zero-order valence-electron chi connectivity index (χ0n) is 23.8. The number of benzene rings is 2. The molecule has 4 bridgehead atoms. The third-order valence-electron chi connectivity index (χ3n) is 7.66. The van der Waals surface area contributed by atoms with Gasteiger partial charge in [-0.3, -0.25) is 9.59 Å². The molecule has 12 nitrogen and oxygen atoms in total. The summed E-state index contributed by atoms with van der Waals surface area (Å²) in [5, 5.41) is 5.94. The molecule has 226 valence electrons. The lowest BCUT2D eigenvalue weighted by molar-refractivity contribution is -0.123. The fourth-order valence-electron chi connectivity index (χ4n) is 5.33. The molecule has 43 heavy (non-hydrogen) atoms. The normalized spacial score (nSPS) is 21.1. The number of methoxy groups -OCH3 is 1. The molecule has 0 aliphatic carbocycles. The largest absolute Gasteiger partial charge is 0.493 e. The second-order valence-electron chi connectivity index (χ2n) is 10.5. The maximum Gasteiger partial charge on any atom is 0.258 e. The van der Waals surface area contributed by atoms with Gasteiger partial charge in [0.2, 0.25) is 5.95 Å². The molecule has 2 atom stereocenters. The van der Waals surface area contributed by atoms with Crippen LogP contribution in [0.4, 0.5) is 16.2 Å². The Hall–Kier alpha value is -4.65.